The number of fused-ring (bicyclic) bond motifs is 1. The van der Waals surface area contributed by atoms with Crippen molar-refractivity contribution in [2.24, 2.45) is 0 Å². The molecule has 1 saturated heterocycles. The first-order valence-electron chi connectivity index (χ1n) is 10.9. The van der Waals surface area contributed by atoms with Crippen LogP contribution in [0.4, 0.5) is 4.39 Å². The molecule has 0 radical (unpaired) electrons. The van der Waals surface area contributed by atoms with Gasteiger partial charge in [0.05, 0.1) is 18.8 Å². The van der Waals surface area contributed by atoms with E-state index >= 15 is 0 Å². The zero-order chi connectivity index (χ0) is 22.9. The highest BCUT2D eigenvalue weighted by Gasteiger charge is 2.32. The Morgan fingerprint density at radius 3 is 2.39 bits per heavy atom. The Kier molecular flexibility index (Phi) is 5.63. The fourth-order valence-corrected chi connectivity index (χ4v) is 4.23. The van der Waals surface area contributed by atoms with Crippen molar-refractivity contribution in [1.82, 2.24) is 24.8 Å². The highest BCUT2D eigenvalue weighted by Crippen LogP contribution is 2.27. The van der Waals surface area contributed by atoms with Crippen LogP contribution in [0, 0.1) is 12.7 Å². The molecule has 0 aliphatic carbocycles. The second-order valence-corrected chi connectivity index (χ2v) is 8.37. The molecule has 1 fully saturated rings. The topological polar surface area (TPSA) is 80.6 Å². The summed E-state index contributed by atoms with van der Waals surface area (Å²) in [6.07, 6.45) is -0.139. The number of ether oxygens (including phenoxy) is 1. The van der Waals surface area contributed by atoms with E-state index in [1.807, 2.05) is 31.2 Å². The second-order valence-electron chi connectivity index (χ2n) is 8.37. The molecule has 33 heavy (non-hydrogen) atoms. The third-order valence-corrected chi connectivity index (χ3v) is 6.17. The summed E-state index contributed by atoms with van der Waals surface area (Å²) in [5.74, 6) is -0.900. The lowest BCUT2D eigenvalue weighted by atomic mass is 10.1. The number of carbonyl (C=O) groups is 2. The summed E-state index contributed by atoms with van der Waals surface area (Å²) in [6.45, 7) is 4.28. The lowest BCUT2D eigenvalue weighted by Crippen LogP contribution is -2.50. The molecule has 9 heteroatoms. The van der Waals surface area contributed by atoms with Crippen molar-refractivity contribution >= 4 is 11.8 Å². The lowest BCUT2D eigenvalue weighted by Gasteiger charge is -2.34. The van der Waals surface area contributed by atoms with Gasteiger partial charge < -0.3 is 14.5 Å². The third-order valence-electron chi connectivity index (χ3n) is 6.17. The number of aromatic nitrogens is 3. The van der Waals surface area contributed by atoms with Crippen LogP contribution in [0.5, 0.6) is 0 Å². The molecular formula is C24H24FN5O3. The molecule has 0 N–H and O–H groups in total. The summed E-state index contributed by atoms with van der Waals surface area (Å²) in [5.41, 5.74) is 3.52. The van der Waals surface area contributed by atoms with Crippen molar-refractivity contribution in [2.75, 3.05) is 26.2 Å². The predicted molar refractivity (Wildman–Crippen MR) is 117 cm³/mol. The lowest BCUT2D eigenvalue weighted by molar-refractivity contribution is -0.00203. The first-order valence-corrected chi connectivity index (χ1v) is 10.9. The van der Waals surface area contributed by atoms with Crippen LogP contribution in [-0.2, 0) is 17.9 Å². The first kappa shape index (κ1) is 21.3. The molecule has 0 bridgehead atoms. The largest absolute Gasteiger partial charge is 0.365 e. The Morgan fingerprint density at radius 2 is 1.70 bits per heavy atom. The number of benzene rings is 2. The van der Waals surface area contributed by atoms with Crippen LogP contribution < -0.4 is 0 Å². The predicted octanol–water partition coefficient (Wildman–Crippen LogP) is 2.60. The molecule has 2 aliphatic rings. The second kappa shape index (κ2) is 8.74. The van der Waals surface area contributed by atoms with Crippen molar-refractivity contribution in [2.45, 2.75) is 26.2 Å². The molecule has 2 amide bonds. The van der Waals surface area contributed by atoms with Crippen LogP contribution in [0.15, 0.2) is 48.5 Å². The summed E-state index contributed by atoms with van der Waals surface area (Å²) in [6, 6.07) is 13.8. The smallest absolute Gasteiger partial charge is 0.276 e. The number of carbonyl (C=O) groups excluding carboxylic acids is 2. The normalized spacial score (nSPS) is 18.2. The van der Waals surface area contributed by atoms with Crippen LogP contribution in [0.3, 0.4) is 0 Å². The fraction of sp³-hybridized carbons (Fsp3) is 0.333. The molecule has 3 aromatic rings. The average Bonchev–Trinajstić information content (AvgIpc) is 3.27. The molecule has 0 unspecified atom stereocenters. The van der Waals surface area contributed by atoms with Gasteiger partial charge in [-0.3, -0.25) is 9.59 Å². The minimum absolute atomic E-state index is 0.139. The van der Waals surface area contributed by atoms with E-state index < -0.39 is 5.82 Å². The number of amides is 2. The van der Waals surface area contributed by atoms with Gasteiger partial charge >= 0.3 is 0 Å². The number of aryl methyl sites for hydroxylation is 1. The van der Waals surface area contributed by atoms with Gasteiger partial charge in [0.15, 0.2) is 5.69 Å². The summed E-state index contributed by atoms with van der Waals surface area (Å²) >= 11 is 0. The van der Waals surface area contributed by atoms with Crippen molar-refractivity contribution in [3.63, 3.8) is 0 Å². The minimum atomic E-state index is -0.446. The Morgan fingerprint density at radius 1 is 1.00 bits per heavy atom. The summed E-state index contributed by atoms with van der Waals surface area (Å²) in [5, 5.41) is 8.34. The highest BCUT2D eigenvalue weighted by atomic mass is 19.1. The number of piperazine rings is 1. The maximum absolute atomic E-state index is 13.4. The van der Waals surface area contributed by atoms with Crippen LogP contribution >= 0.6 is 0 Å². The van der Waals surface area contributed by atoms with Gasteiger partial charge in [0.25, 0.3) is 11.8 Å². The van der Waals surface area contributed by atoms with Gasteiger partial charge in [-0.15, -0.1) is 5.10 Å². The number of nitrogens with zero attached hydrogens (tertiary/aromatic N) is 5. The van der Waals surface area contributed by atoms with Gasteiger partial charge in [-0.2, -0.15) is 0 Å². The molecule has 2 aromatic carbocycles. The molecular weight excluding hydrogens is 425 g/mol. The number of rotatable bonds is 3. The van der Waals surface area contributed by atoms with Gasteiger partial charge in [-0.25, -0.2) is 9.07 Å². The van der Waals surface area contributed by atoms with Gasteiger partial charge in [0, 0.05) is 31.7 Å². The van der Waals surface area contributed by atoms with Gasteiger partial charge in [-0.05, 0) is 30.7 Å². The van der Waals surface area contributed by atoms with E-state index in [2.05, 4.69) is 10.3 Å². The summed E-state index contributed by atoms with van der Waals surface area (Å²) in [7, 11) is 0. The van der Waals surface area contributed by atoms with Crippen LogP contribution in [0.2, 0.25) is 0 Å². The minimum Gasteiger partial charge on any atom is -0.365 e. The Balaban J connectivity index is 1.23. The zero-order valence-electron chi connectivity index (χ0n) is 18.3. The maximum Gasteiger partial charge on any atom is 0.276 e. The fourth-order valence-electron chi connectivity index (χ4n) is 4.23. The molecule has 8 nitrogen and oxygen atoms in total. The average molecular weight is 449 g/mol. The summed E-state index contributed by atoms with van der Waals surface area (Å²) in [4.78, 5) is 29.0. The molecule has 0 saturated carbocycles. The number of hydrogen-bond donors (Lipinski definition) is 0. The Hall–Kier alpha value is -3.59. The van der Waals surface area contributed by atoms with Crippen LogP contribution in [0.25, 0.3) is 0 Å². The molecule has 1 aromatic heterocycles. The standard InChI is InChI=1S/C24H24FN5O3/c1-16-5-7-17(8-6-16)21-14-30-20(15-33-21)22(26-27-30)24(32)29-11-9-28(10-12-29)23(31)18-3-2-4-19(25)13-18/h2-8,13,21H,9-12,14-15H2,1H3/t21-/m1/s1. The van der Waals surface area contributed by atoms with E-state index in [0.717, 1.165) is 5.56 Å². The molecule has 5 rings (SSSR count). The van der Waals surface area contributed by atoms with E-state index in [1.165, 1.54) is 23.8 Å². The van der Waals surface area contributed by atoms with E-state index in [9.17, 15) is 14.0 Å². The van der Waals surface area contributed by atoms with E-state index in [4.69, 9.17) is 4.74 Å². The van der Waals surface area contributed by atoms with Gasteiger partial charge in [0.1, 0.15) is 11.9 Å². The molecule has 2 aliphatic heterocycles. The molecule has 170 valence electrons. The number of hydrogen-bond acceptors (Lipinski definition) is 5. The SMILES string of the molecule is Cc1ccc([C@H]2Cn3nnc(C(=O)N4CCN(C(=O)c5cccc(F)c5)CC4)c3CO2)cc1. The van der Waals surface area contributed by atoms with Crippen molar-refractivity contribution < 1.29 is 18.7 Å². The number of halogens is 1. The van der Waals surface area contributed by atoms with E-state index in [1.54, 1.807) is 20.5 Å². The summed E-state index contributed by atoms with van der Waals surface area (Å²) < 4.78 is 21.2. The first-order chi connectivity index (χ1) is 16.0. The molecule has 3 heterocycles. The third kappa shape index (κ3) is 4.23. The zero-order valence-corrected chi connectivity index (χ0v) is 18.3. The van der Waals surface area contributed by atoms with Crippen molar-refractivity contribution in [3.8, 4) is 0 Å². The van der Waals surface area contributed by atoms with Crippen LogP contribution in [0.1, 0.15) is 43.8 Å². The van der Waals surface area contributed by atoms with E-state index in [-0.39, 0.29) is 24.5 Å². The Bertz CT molecular complexity index is 1190. The molecule has 0 spiro atoms. The van der Waals surface area contributed by atoms with Crippen molar-refractivity contribution in [1.29, 1.82) is 0 Å². The van der Waals surface area contributed by atoms with Crippen molar-refractivity contribution in [3.05, 3.63) is 82.4 Å². The van der Waals surface area contributed by atoms with Crippen LogP contribution in [-0.4, -0.2) is 62.8 Å². The Labute approximate surface area is 190 Å². The van der Waals surface area contributed by atoms with E-state index in [0.29, 0.717) is 49.7 Å². The monoisotopic (exact) mass is 449 g/mol. The maximum atomic E-state index is 13.4. The quantitative estimate of drug-likeness (QED) is 0.614. The highest BCUT2D eigenvalue weighted by molar-refractivity contribution is 5.95. The van der Waals surface area contributed by atoms with Gasteiger partial charge in [-0.1, -0.05) is 41.1 Å². The molecule has 1 atom stereocenters. The van der Waals surface area contributed by atoms with Gasteiger partial charge in [0.2, 0.25) is 0 Å².